The van der Waals surface area contributed by atoms with E-state index in [1.165, 1.54) is 199 Å². The fourth-order valence-electron chi connectivity index (χ4n) is 11.1. The molecule has 2 rings (SSSR count). The van der Waals surface area contributed by atoms with Crippen molar-refractivity contribution >= 4 is 5.91 Å². The minimum atomic E-state index is -1.78. The van der Waals surface area contributed by atoms with Crippen molar-refractivity contribution in [1.82, 2.24) is 5.32 Å². The van der Waals surface area contributed by atoms with E-state index in [-0.39, 0.29) is 12.5 Å². The monoisotopic (exact) mass is 1130 g/mol. The van der Waals surface area contributed by atoms with E-state index in [4.69, 9.17) is 18.9 Å². The molecule has 2 heterocycles. The Hall–Kier alpha value is -1.53. The number of nitrogens with one attached hydrogen (secondary N) is 1. The van der Waals surface area contributed by atoms with Crippen molar-refractivity contribution in [2.24, 2.45) is 0 Å². The highest BCUT2D eigenvalue weighted by Crippen LogP contribution is 2.30. The molecule has 12 unspecified atom stereocenters. The maximum absolute atomic E-state index is 13.3. The molecule has 14 nitrogen and oxygen atoms in total. The molecule has 2 aliphatic rings. The van der Waals surface area contributed by atoms with Crippen molar-refractivity contribution in [3.05, 3.63) is 24.3 Å². The Morgan fingerprint density at radius 2 is 0.835 bits per heavy atom. The first-order valence-corrected chi connectivity index (χ1v) is 33.1. The average molecular weight is 1130 g/mol. The lowest BCUT2D eigenvalue weighted by Crippen LogP contribution is -2.65. The smallest absolute Gasteiger partial charge is 0.220 e. The molecule has 0 aliphatic carbocycles. The van der Waals surface area contributed by atoms with E-state index >= 15 is 0 Å². The van der Waals surface area contributed by atoms with Crippen LogP contribution in [0.15, 0.2) is 24.3 Å². The number of ether oxygens (including phenoxy) is 4. The number of rotatable bonds is 54. The summed E-state index contributed by atoms with van der Waals surface area (Å²) in [6.07, 6.45) is 44.7. The van der Waals surface area contributed by atoms with Crippen LogP contribution in [0.3, 0.4) is 0 Å². The first-order chi connectivity index (χ1) is 38.6. The molecule has 0 bridgehead atoms. The number of hydrogen-bond acceptors (Lipinski definition) is 13. The normalized spacial score (nSPS) is 24.5. The molecule has 9 N–H and O–H groups in total. The highest BCUT2D eigenvalue weighted by Gasteiger charge is 2.51. The van der Waals surface area contributed by atoms with Gasteiger partial charge >= 0.3 is 0 Å². The summed E-state index contributed by atoms with van der Waals surface area (Å²) >= 11 is 0. The number of unbranched alkanes of at least 4 members (excludes halogenated alkanes) is 37. The van der Waals surface area contributed by atoms with E-state index in [1.807, 2.05) is 0 Å². The molecular weight excluding hydrogens is 1000 g/mol. The van der Waals surface area contributed by atoms with Gasteiger partial charge in [-0.2, -0.15) is 0 Å². The molecule has 14 heteroatoms. The van der Waals surface area contributed by atoms with Crippen molar-refractivity contribution < 1.29 is 64.6 Å². The van der Waals surface area contributed by atoms with Gasteiger partial charge in [0.2, 0.25) is 5.91 Å². The van der Waals surface area contributed by atoms with Gasteiger partial charge in [0.25, 0.3) is 0 Å². The van der Waals surface area contributed by atoms with Crippen LogP contribution in [-0.4, -0.2) is 140 Å². The summed E-state index contributed by atoms with van der Waals surface area (Å²) in [5.74, 6) is -0.211. The fourth-order valence-corrected chi connectivity index (χ4v) is 11.1. The Morgan fingerprint density at radius 1 is 0.456 bits per heavy atom. The van der Waals surface area contributed by atoms with Crippen molar-refractivity contribution in [1.29, 1.82) is 0 Å². The minimum Gasteiger partial charge on any atom is -0.394 e. The Labute approximate surface area is 481 Å². The number of amides is 1. The molecule has 466 valence electrons. The molecule has 12 atom stereocenters. The molecule has 2 fully saturated rings. The van der Waals surface area contributed by atoms with E-state index in [2.05, 4.69) is 43.5 Å². The Bertz CT molecular complexity index is 1420. The number of allylic oxidation sites excluding steroid dienone is 4. The zero-order valence-corrected chi connectivity index (χ0v) is 50.4. The second kappa shape index (κ2) is 50.9. The highest BCUT2D eigenvalue weighted by molar-refractivity contribution is 5.76. The molecule has 1 amide bonds. The lowest BCUT2D eigenvalue weighted by Gasteiger charge is -2.46. The highest BCUT2D eigenvalue weighted by atomic mass is 16.7. The third-order valence-corrected chi connectivity index (χ3v) is 16.4. The Kier molecular flexibility index (Phi) is 47.4. The molecule has 0 aromatic heterocycles. The van der Waals surface area contributed by atoms with Crippen LogP contribution in [0.25, 0.3) is 0 Å². The van der Waals surface area contributed by atoms with E-state index in [9.17, 15) is 45.6 Å². The lowest BCUT2D eigenvalue weighted by atomic mass is 9.97. The number of aliphatic hydroxyl groups excluding tert-OH is 8. The molecular formula is C65H123NO13. The number of aliphatic hydroxyl groups is 8. The van der Waals surface area contributed by atoms with Crippen molar-refractivity contribution in [3.63, 3.8) is 0 Å². The van der Waals surface area contributed by atoms with Gasteiger partial charge in [-0.1, -0.05) is 263 Å². The van der Waals surface area contributed by atoms with Crippen molar-refractivity contribution in [3.8, 4) is 0 Å². The van der Waals surface area contributed by atoms with Crippen LogP contribution in [0.5, 0.6) is 0 Å². The predicted octanol–water partition coefficient (Wildman–Crippen LogP) is 12.4. The number of hydrogen-bond donors (Lipinski definition) is 9. The van der Waals surface area contributed by atoms with Crippen molar-refractivity contribution in [2.45, 2.75) is 364 Å². The van der Waals surface area contributed by atoms with E-state index in [0.29, 0.717) is 19.3 Å². The summed E-state index contributed by atoms with van der Waals surface area (Å²) in [5.41, 5.74) is 0. The first kappa shape index (κ1) is 73.6. The third-order valence-electron chi connectivity index (χ3n) is 16.4. The van der Waals surface area contributed by atoms with Gasteiger partial charge in [-0.15, -0.1) is 0 Å². The van der Waals surface area contributed by atoms with Crippen LogP contribution >= 0.6 is 0 Å². The molecule has 2 aliphatic heterocycles. The van der Waals surface area contributed by atoms with Crippen LogP contribution in [-0.2, 0) is 23.7 Å². The molecule has 0 aromatic carbocycles. The summed E-state index contributed by atoms with van der Waals surface area (Å²) in [7, 11) is 0. The van der Waals surface area contributed by atoms with E-state index in [0.717, 1.165) is 57.8 Å². The average Bonchev–Trinajstić information content (AvgIpc) is 3.46. The molecule has 0 spiro atoms. The number of carbonyl (C=O) groups excluding carboxylic acids is 1. The van der Waals surface area contributed by atoms with Crippen LogP contribution < -0.4 is 5.32 Å². The van der Waals surface area contributed by atoms with Gasteiger partial charge in [0.05, 0.1) is 32.0 Å². The van der Waals surface area contributed by atoms with Gasteiger partial charge in [-0.25, -0.2) is 0 Å². The van der Waals surface area contributed by atoms with E-state index in [1.54, 1.807) is 0 Å². The van der Waals surface area contributed by atoms with Gasteiger partial charge in [0.15, 0.2) is 12.6 Å². The Balaban J connectivity index is 1.69. The fraction of sp³-hybridized carbons (Fsp3) is 0.923. The topological polar surface area (TPSA) is 228 Å². The lowest BCUT2D eigenvalue weighted by molar-refractivity contribution is -0.359. The van der Waals surface area contributed by atoms with Crippen LogP contribution in [0, 0.1) is 0 Å². The molecule has 2 saturated heterocycles. The molecule has 0 saturated carbocycles. The first-order valence-electron chi connectivity index (χ1n) is 33.1. The third kappa shape index (κ3) is 36.0. The van der Waals surface area contributed by atoms with Gasteiger partial charge < -0.3 is 65.1 Å². The predicted molar refractivity (Wildman–Crippen MR) is 318 cm³/mol. The second-order valence-electron chi connectivity index (χ2n) is 23.6. The van der Waals surface area contributed by atoms with Gasteiger partial charge in [0, 0.05) is 6.42 Å². The second-order valence-corrected chi connectivity index (χ2v) is 23.6. The SMILES string of the molecule is CCCCCC/C=C\C/C=C\CCCCCCCCCC(=O)NC(COC1OC(CO)C(OC2OC(CO)C(O)C(O)C2O)C(O)C1O)C(O)CCCCCCCCCCCCCCCCCCCCCCCCCCCCC. The van der Waals surface area contributed by atoms with Crippen LogP contribution in [0.2, 0.25) is 0 Å². The minimum absolute atomic E-state index is 0.211. The van der Waals surface area contributed by atoms with Crippen LogP contribution in [0.1, 0.15) is 290 Å². The Morgan fingerprint density at radius 3 is 1.28 bits per heavy atom. The van der Waals surface area contributed by atoms with Crippen molar-refractivity contribution in [2.75, 3.05) is 19.8 Å². The summed E-state index contributed by atoms with van der Waals surface area (Å²) in [6, 6.07) is -0.833. The van der Waals surface area contributed by atoms with E-state index < -0.39 is 86.8 Å². The molecule has 0 radical (unpaired) electrons. The largest absolute Gasteiger partial charge is 0.394 e. The maximum Gasteiger partial charge on any atom is 0.220 e. The summed E-state index contributed by atoms with van der Waals surface area (Å²) < 4.78 is 22.9. The quantitative estimate of drug-likeness (QED) is 0.0204. The van der Waals surface area contributed by atoms with Gasteiger partial charge in [-0.05, 0) is 44.9 Å². The zero-order valence-electron chi connectivity index (χ0n) is 50.4. The molecule has 0 aromatic rings. The summed E-state index contributed by atoms with van der Waals surface area (Å²) in [4.78, 5) is 13.3. The molecule has 79 heavy (non-hydrogen) atoms. The summed E-state index contributed by atoms with van der Waals surface area (Å²) in [5, 5.41) is 87.5. The zero-order chi connectivity index (χ0) is 57.4. The van der Waals surface area contributed by atoms with Gasteiger partial charge in [0.1, 0.15) is 48.8 Å². The number of carbonyl (C=O) groups is 1. The van der Waals surface area contributed by atoms with Crippen LogP contribution in [0.4, 0.5) is 0 Å². The standard InChI is InChI=1S/C65H123NO13/c1-3-5-7-9-11-13-15-17-19-21-23-24-25-26-27-28-29-30-31-32-34-36-38-40-42-44-46-48-54(69)53(66-57(70)49-47-45-43-41-39-37-35-33-22-20-18-16-14-12-10-8-6-4-2)52-76-64-62(75)60(73)63(56(51-68)78-64)79-65-61(74)59(72)58(71)55(50-67)77-65/h14,16,20,22,53-56,58-65,67-69,71-75H,3-13,15,17-19,21,23-52H2,1-2H3,(H,66,70)/b16-14-,22-20-. The maximum atomic E-state index is 13.3. The summed E-state index contributed by atoms with van der Waals surface area (Å²) in [6.45, 7) is 2.88. The van der Waals surface area contributed by atoms with Gasteiger partial charge in [-0.3, -0.25) is 4.79 Å².